The number of alkyl halides is 2. The number of carbonyl (C=O) groups excluding carboxylic acids is 4. The van der Waals surface area contributed by atoms with Crippen molar-refractivity contribution in [3.63, 3.8) is 0 Å². The third-order valence-corrected chi connectivity index (χ3v) is 17.9. The lowest BCUT2D eigenvalue weighted by Gasteiger charge is -2.45. The van der Waals surface area contributed by atoms with Crippen LogP contribution in [0.15, 0.2) is 84.9 Å². The first-order valence-electron chi connectivity index (χ1n) is 23.6. The highest BCUT2D eigenvalue weighted by Gasteiger charge is 2.59. The SMILES string of the molecule is CCCOC(=O)[C@H](C)N[P@](=O)(Oc1ccccc1)[C@H](F)c1ccc2sc(C(=O)N[C@H]3CC[C@H](N(C)C4CC(F)C4)C[C@H]4CC[C@@H](C(=O)N5C[C@H](c6ccccc6)CC56CC6)N4C3=O)cc2c1. The van der Waals surface area contributed by atoms with Crippen LogP contribution in [0, 0.1) is 0 Å². The number of esters is 1. The van der Waals surface area contributed by atoms with Crippen molar-refractivity contribution in [1.29, 1.82) is 0 Å². The molecule has 3 saturated heterocycles. The molecule has 4 heterocycles. The number of likely N-dealkylation sites (tertiary alicyclic amines) is 1. The van der Waals surface area contributed by atoms with Crippen LogP contribution in [-0.2, 0) is 23.7 Å². The van der Waals surface area contributed by atoms with E-state index in [-0.39, 0.29) is 59.3 Å². The molecule has 0 radical (unpaired) electrons. The van der Waals surface area contributed by atoms with E-state index in [2.05, 4.69) is 32.3 Å². The topological polar surface area (TPSA) is 138 Å². The third kappa shape index (κ3) is 9.42. The van der Waals surface area contributed by atoms with Crippen molar-refractivity contribution in [2.75, 3.05) is 20.2 Å². The zero-order chi connectivity index (χ0) is 46.3. The van der Waals surface area contributed by atoms with Crippen molar-refractivity contribution in [2.24, 2.45) is 0 Å². The van der Waals surface area contributed by atoms with E-state index in [1.807, 2.05) is 32.2 Å². The first kappa shape index (κ1) is 46.4. The molecule has 16 heteroatoms. The molecule has 1 spiro atoms. The van der Waals surface area contributed by atoms with Gasteiger partial charge in [0.15, 0.2) is 0 Å². The Labute approximate surface area is 389 Å². The maximum Gasteiger partial charge on any atom is 0.355 e. The summed E-state index contributed by atoms with van der Waals surface area (Å²) in [6, 6.07) is 21.9. The Bertz CT molecular complexity index is 2470. The van der Waals surface area contributed by atoms with Crippen LogP contribution in [-0.4, -0.2) is 107 Å². The maximum absolute atomic E-state index is 16.7. The van der Waals surface area contributed by atoms with Crippen molar-refractivity contribution in [3.8, 4) is 5.75 Å². The van der Waals surface area contributed by atoms with E-state index >= 15 is 4.39 Å². The number of ether oxygens (including phenoxy) is 1. The van der Waals surface area contributed by atoms with Gasteiger partial charge in [-0.2, -0.15) is 0 Å². The van der Waals surface area contributed by atoms with Crippen LogP contribution in [0.3, 0.4) is 0 Å². The molecule has 352 valence electrons. The number of nitrogens with zero attached hydrogens (tertiary/aromatic N) is 3. The lowest BCUT2D eigenvalue weighted by Crippen LogP contribution is -2.59. The van der Waals surface area contributed by atoms with Crippen molar-refractivity contribution in [3.05, 3.63) is 101 Å². The van der Waals surface area contributed by atoms with Crippen LogP contribution < -0.4 is 14.9 Å². The average molecular weight is 944 g/mol. The van der Waals surface area contributed by atoms with E-state index in [0.717, 1.165) is 19.3 Å². The van der Waals surface area contributed by atoms with Gasteiger partial charge in [-0.1, -0.05) is 61.5 Å². The Morgan fingerprint density at radius 2 is 1.68 bits per heavy atom. The van der Waals surface area contributed by atoms with Gasteiger partial charge in [-0.25, -0.2) is 13.9 Å². The zero-order valence-corrected chi connectivity index (χ0v) is 39.5. The number of thiophene rings is 1. The summed E-state index contributed by atoms with van der Waals surface area (Å²) in [6.45, 7) is 4.05. The molecule has 3 aromatic carbocycles. The van der Waals surface area contributed by atoms with Gasteiger partial charge in [0.1, 0.15) is 30.0 Å². The van der Waals surface area contributed by atoms with Crippen LogP contribution in [0.5, 0.6) is 5.75 Å². The summed E-state index contributed by atoms with van der Waals surface area (Å²) in [7, 11) is -2.45. The van der Waals surface area contributed by atoms with Crippen molar-refractivity contribution >= 4 is 52.6 Å². The van der Waals surface area contributed by atoms with E-state index in [0.29, 0.717) is 72.9 Å². The van der Waals surface area contributed by atoms with Gasteiger partial charge in [0.05, 0.1) is 11.5 Å². The predicted molar refractivity (Wildman–Crippen MR) is 250 cm³/mol. The van der Waals surface area contributed by atoms with Crippen LogP contribution in [0.2, 0.25) is 0 Å². The van der Waals surface area contributed by atoms with E-state index in [1.54, 1.807) is 47.4 Å². The quantitative estimate of drug-likeness (QED) is 0.0884. The Kier molecular flexibility index (Phi) is 13.5. The largest absolute Gasteiger partial charge is 0.465 e. The number of hydrogen-bond acceptors (Lipinski definition) is 9. The highest BCUT2D eigenvalue weighted by Crippen LogP contribution is 2.58. The average Bonchev–Trinajstić information content (AvgIpc) is 3.58. The normalized spacial score (nSPS) is 27.6. The summed E-state index contributed by atoms with van der Waals surface area (Å²) in [5, 5.41) is 6.18. The van der Waals surface area contributed by atoms with E-state index in [4.69, 9.17) is 9.26 Å². The van der Waals surface area contributed by atoms with Crippen molar-refractivity contribution < 1.29 is 41.8 Å². The summed E-state index contributed by atoms with van der Waals surface area (Å²) in [6.07, 6.45) is 6.34. The molecule has 4 aromatic rings. The lowest BCUT2D eigenvalue weighted by molar-refractivity contribution is -0.148. The molecule has 9 rings (SSSR count). The Morgan fingerprint density at radius 1 is 0.955 bits per heavy atom. The summed E-state index contributed by atoms with van der Waals surface area (Å²) in [4.78, 5) is 63.1. The Morgan fingerprint density at radius 3 is 2.38 bits per heavy atom. The molecule has 5 aliphatic rings. The fourth-order valence-corrected chi connectivity index (χ4v) is 13.6. The number of nitrogens with one attached hydrogen (secondary N) is 2. The fourth-order valence-electron chi connectivity index (χ4n) is 10.7. The molecular formula is C50H60F2N5O7PS. The smallest absolute Gasteiger partial charge is 0.355 e. The van der Waals surface area contributed by atoms with E-state index in [9.17, 15) is 28.1 Å². The molecule has 2 N–H and O–H groups in total. The molecule has 12 nitrogen and oxygen atoms in total. The van der Waals surface area contributed by atoms with Gasteiger partial charge < -0.3 is 29.3 Å². The molecule has 0 unspecified atom stereocenters. The molecule has 2 aliphatic carbocycles. The number of para-hydroxylation sites is 1. The fraction of sp³-hybridized carbons (Fsp3) is 0.520. The molecule has 0 bridgehead atoms. The monoisotopic (exact) mass is 943 g/mol. The second kappa shape index (κ2) is 19.1. The number of halogens is 2. The lowest BCUT2D eigenvalue weighted by atomic mass is 9.86. The summed E-state index contributed by atoms with van der Waals surface area (Å²) >= 11 is 1.18. The van der Waals surface area contributed by atoms with Crippen molar-refractivity contribution in [2.45, 2.75) is 144 Å². The number of carbonyl (C=O) groups is 4. The first-order chi connectivity index (χ1) is 31.8. The molecule has 2 saturated carbocycles. The summed E-state index contributed by atoms with van der Waals surface area (Å²) in [5.41, 5.74) is 1.05. The second-order valence-electron chi connectivity index (χ2n) is 19.1. The number of amides is 3. The Hall–Kier alpha value is -4.69. The molecule has 8 atom stereocenters. The minimum Gasteiger partial charge on any atom is -0.465 e. The van der Waals surface area contributed by atoms with Crippen LogP contribution in [0.4, 0.5) is 8.78 Å². The number of hydrogen-bond donors (Lipinski definition) is 2. The molecule has 3 amide bonds. The summed E-state index contributed by atoms with van der Waals surface area (Å²) in [5.74, 6) is -3.28. The van der Waals surface area contributed by atoms with Crippen LogP contribution in [0.25, 0.3) is 10.1 Å². The highest BCUT2D eigenvalue weighted by atomic mass is 32.1. The molecule has 5 fully saturated rings. The van der Waals surface area contributed by atoms with Gasteiger partial charge in [-0.05, 0) is 131 Å². The predicted octanol–water partition coefficient (Wildman–Crippen LogP) is 9.06. The van der Waals surface area contributed by atoms with Gasteiger partial charge in [-0.15, -0.1) is 11.3 Å². The number of fused-ring (bicyclic) bond motifs is 2. The molecular weight excluding hydrogens is 884 g/mol. The van der Waals surface area contributed by atoms with Gasteiger partial charge in [0, 0.05) is 40.8 Å². The standard InChI is InChI=1S/C50H60F2N5O7PS/c1-4-23-63-49(61)31(2)54-65(62,64-40-13-9-6-10-14-40)45(52)33-15-20-43-34(24-33)25-44(66-43)46(58)53-41-18-16-37(55(3)39-26-36(51)27-39)28-38-17-19-42(57(38)47(41)59)48(60)56-30-35(29-50(56)21-22-50)32-11-7-5-8-12-32/h5-15,20,24-25,31,35-39,41-42,45H,4,16-19,21-23,26-30H2,1-3H3,(H,53,58)(H,54,62)/t31-,35+,36?,37-,38+,39?,41-,42-,45-,65+/m0/s1. The maximum atomic E-state index is 16.7. The van der Waals surface area contributed by atoms with Gasteiger partial charge in [0.2, 0.25) is 17.7 Å². The first-order valence-corrected chi connectivity index (χ1v) is 26.1. The minimum atomic E-state index is -4.48. The van der Waals surface area contributed by atoms with Gasteiger partial charge in [-0.3, -0.25) is 23.7 Å². The second-order valence-corrected chi connectivity index (χ2v) is 22.3. The number of rotatable bonds is 15. The van der Waals surface area contributed by atoms with Crippen LogP contribution >= 0.6 is 18.9 Å². The number of benzene rings is 3. The Balaban J connectivity index is 0.952. The zero-order valence-electron chi connectivity index (χ0n) is 37.8. The highest BCUT2D eigenvalue weighted by molar-refractivity contribution is 7.57. The van der Waals surface area contributed by atoms with Gasteiger partial charge in [0.25, 0.3) is 5.91 Å². The van der Waals surface area contributed by atoms with E-state index < -0.39 is 49.6 Å². The van der Waals surface area contributed by atoms with Crippen LogP contribution in [0.1, 0.15) is 117 Å². The molecule has 1 aromatic heterocycles. The molecule has 3 aliphatic heterocycles. The summed E-state index contributed by atoms with van der Waals surface area (Å²) < 4.78 is 56.9. The van der Waals surface area contributed by atoms with E-state index in [1.165, 1.54) is 36.0 Å². The third-order valence-electron chi connectivity index (χ3n) is 14.6. The van der Waals surface area contributed by atoms with Crippen molar-refractivity contribution in [1.82, 2.24) is 25.1 Å². The van der Waals surface area contributed by atoms with Gasteiger partial charge >= 0.3 is 13.5 Å². The molecule has 66 heavy (non-hydrogen) atoms. The minimum absolute atomic E-state index is 0.0112.